The summed E-state index contributed by atoms with van der Waals surface area (Å²) in [4.78, 5) is 1.04. The van der Waals surface area contributed by atoms with Crippen LogP contribution in [0.3, 0.4) is 0 Å². The van der Waals surface area contributed by atoms with Gasteiger partial charge < -0.3 is 10.9 Å². The number of rotatable bonds is 1. The summed E-state index contributed by atoms with van der Waals surface area (Å²) in [6.45, 7) is 1.98. The molecule has 1 aromatic heterocycles. The normalized spacial score (nSPS) is 10.9. The topological polar surface area (TPSA) is 77.0 Å². The molecule has 1 heterocycles. The van der Waals surface area contributed by atoms with Crippen LogP contribution in [0.4, 0.5) is 0 Å². The molecule has 0 spiro atoms. The Morgan fingerprint density at radius 2 is 1.94 bits per heavy atom. The Labute approximate surface area is 103 Å². The number of nitrogens with zero attached hydrogens (tertiary/aromatic N) is 3. The first kappa shape index (κ1) is 10.6. The number of aryl methyl sites for hydroxylation is 1. The molecule has 0 saturated heterocycles. The van der Waals surface area contributed by atoms with Crippen LogP contribution in [0.5, 0.6) is 5.75 Å². The van der Waals surface area contributed by atoms with Crippen molar-refractivity contribution in [2.75, 3.05) is 5.84 Å². The summed E-state index contributed by atoms with van der Waals surface area (Å²) in [6.07, 6.45) is 0. The molecule has 0 unspecified atom stereocenters. The number of phenolic OH excluding ortho intramolecular Hbond substituents is 1. The molecule has 2 aromatic carbocycles. The predicted octanol–water partition coefficient (Wildman–Crippen LogP) is 1.83. The van der Waals surface area contributed by atoms with Crippen molar-refractivity contribution in [3.05, 3.63) is 42.0 Å². The van der Waals surface area contributed by atoms with Gasteiger partial charge in [-0.05, 0) is 25.1 Å². The fourth-order valence-corrected chi connectivity index (χ4v) is 2.04. The second kappa shape index (κ2) is 3.73. The minimum atomic E-state index is 0.222. The molecule has 90 valence electrons. The van der Waals surface area contributed by atoms with Crippen molar-refractivity contribution in [3.63, 3.8) is 0 Å². The minimum Gasteiger partial charge on any atom is -0.507 e. The third kappa shape index (κ3) is 1.57. The number of aromatic nitrogens is 3. The highest BCUT2D eigenvalue weighted by Gasteiger charge is 2.11. The zero-order valence-corrected chi connectivity index (χ0v) is 9.83. The van der Waals surface area contributed by atoms with E-state index in [1.54, 1.807) is 6.07 Å². The molecule has 0 aliphatic carbocycles. The standard InChI is InChI=1S/C13H12N4O/c1-8-5-6-12(18)10(7-8)9-3-2-4-11-13(9)16-17(14)15-11/h2-7,18H,14H2,1H3. The quantitative estimate of drug-likeness (QED) is 0.636. The van der Waals surface area contributed by atoms with Gasteiger partial charge in [0, 0.05) is 11.1 Å². The van der Waals surface area contributed by atoms with Crippen molar-refractivity contribution in [1.29, 1.82) is 0 Å². The van der Waals surface area contributed by atoms with Gasteiger partial charge in [0.1, 0.15) is 16.8 Å². The minimum absolute atomic E-state index is 0.222. The average Bonchev–Trinajstić information content (AvgIpc) is 2.72. The van der Waals surface area contributed by atoms with E-state index in [-0.39, 0.29) is 5.75 Å². The van der Waals surface area contributed by atoms with Crippen LogP contribution < -0.4 is 5.84 Å². The fraction of sp³-hybridized carbons (Fsp3) is 0.0769. The van der Waals surface area contributed by atoms with E-state index in [1.807, 2.05) is 37.3 Å². The molecule has 5 heteroatoms. The average molecular weight is 240 g/mol. The summed E-state index contributed by atoms with van der Waals surface area (Å²) < 4.78 is 0. The van der Waals surface area contributed by atoms with Gasteiger partial charge in [-0.3, -0.25) is 0 Å². The lowest BCUT2D eigenvalue weighted by Crippen LogP contribution is -2.11. The summed E-state index contributed by atoms with van der Waals surface area (Å²) >= 11 is 0. The largest absolute Gasteiger partial charge is 0.507 e. The van der Waals surface area contributed by atoms with Crippen molar-refractivity contribution in [1.82, 2.24) is 15.1 Å². The molecular formula is C13H12N4O. The van der Waals surface area contributed by atoms with Crippen molar-refractivity contribution in [2.45, 2.75) is 6.92 Å². The van der Waals surface area contributed by atoms with Crippen LogP contribution in [0.1, 0.15) is 5.56 Å². The highest BCUT2D eigenvalue weighted by Crippen LogP contribution is 2.33. The summed E-state index contributed by atoms with van der Waals surface area (Å²) in [5.74, 6) is 5.76. The van der Waals surface area contributed by atoms with Gasteiger partial charge in [-0.1, -0.05) is 28.7 Å². The Balaban J connectivity index is 2.34. The van der Waals surface area contributed by atoms with Crippen molar-refractivity contribution in [3.8, 4) is 16.9 Å². The number of fused-ring (bicyclic) bond motifs is 1. The van der Waals surface area contributed by atoms with Crippen LogP contribution in [0.25, 0.3) is 22.2 Å². The van der Waals surface area contributed by atoms with Gasteiger partial charge in [0.25, 0.3) is 0 Å². The monoisotopic (exact) mass is 240 g/mol. The van der Waals surface area contributed by atoms with Gasteiger partial charge >= 0.3 is 0 Å². The number of hydrogen-bond donors (Lipinski definition) is 2. The zero-order valence-electron chi connectivity index (χ0n) is 9.83. The number of hydrogen-bond acceptors (Lipinski definition) is 4. The first-order valence-corrected chi connectivity index (χ1v) is 5.56. The number of benzene rings is 2. The van der Waals surface area contributed by atoms with Crippen LogP contribution >= 0.6 is 0 Å². The molecule has 18 heavy (non-hydrogen) atoms. The maximum Gasteiger partial charge on any atom is 0.123 e. The summed E-state index contributed by atoms with van der Waals surface area (Å²) in [5, 5.41) is 18.2. The first-order valence-electron chi connectivity index (χ1n) is 5.56. The highest BCUT2D eigenvalue weighted by atomic mass is 16.3. The molecule has 5 nitrogen and oxygen atoms in total. The van der Waals surface area contributed by atoms with Crippen LogP contribution in [0, 0.1) is 6.92 Å². The van der Waals surface area contributed by atoms with E-state index in [2.05, 4.69) is 10.2 Å². The van der Waals surface area contributed by atoms with Gasteiger partial charge in [0.2, 0.25) is 0 Å². The molecule has 0 aliphatic rings. The van der Waals surface area contributed by atoms with Crippen LogP contribution in [0.2, 0.25) is 0 Å². The number of nitrogens with two attached hydrogens (primary N) is 1. The number of aromatic hydroxyl groups is 1. The lowest BCUT2D eigenvalue weighted by molar-refractivity contribution is 0.477. The summed E-state index contributed by atoms with van der Waals surface area (Å²) in [5.41, 5.74) is 4.02. The third-order valence-corrected chi connectivity index (χ3v) is 2.87. The fourth-order valence-electron chi connectivity index (χ4n) is 2.04. The molecule has 3 aromatic rings. The molecule has 0 aliphatic heterocycles. The Kier molecular flexibility index (Phi) is 2.19. The first-order chi connectivity index (χ1) is 8.65. The number of nitrogen functional groups attached to an aromatic ring is 1. The Morgan fingerprint density at radius 3 is 2.78 bits per heavy atom. The molecule has 0 atom stereocenters. The predicted molar refractivity (Wildman–Crippen MR) is 69.5 cm³/mol. The molecular weight excluding hydrogens is 228 g/mol. The van der Waals surface area contributed by atoms with Crippen LogP contribution in [-0.4, -0.2) is 20.2 Å². The van der Waals surface area contributed by atoms with Gasteiger partial charge in [-0.15, -0.1) is 10.2 Å². The van der Waals surface area contributed by atoms with Gasteiger partial charge in [0.15, 0.2) is 0 Å². The molecule has 0 radical (unpaired) electrons. The highest BCUT2D eigenvalue weighted by molar-refractivity contribution is 5.93. The van der Waals surface area contributed by atoms with Crippen molar-refractivity contribution < 1.29 is 5.11 Å². The lowest BCUT2D eigenvalue weighted by atomic mass is 10.0. The smallest absolute Gasteiger partial charge is 0.123 e. The summed E-state index contributed by atoms with van der Waals surface area (Å²) in [6, 6.07) is 11.1. The van der Waals surface area contributed by atoms with E-state index in [4.69, 9.17) is 5.84 Å². The van der Waals surface area contributed by atoms with E-state index in [9.17, 15) is 5.11 Å². The Bertz CT molecular complexity index is 733. The van der Waals surface area contributed by atoms with Crippen molar-refractivity contribution >= 4 is 11.0 Å². The molecule has 0 saturated carbocycles. The number of phenols is 1. The van der Waals surface area contributed by atoms with E-state index < -0.39 is 0 Å². The van der Waals surface area contributed by atoms with Crippen LogP contribution in [0.15, 0.2) is 36.4 Å². The second-order valence-corrected chi connectivity index (χ2v) is 4.21. The van der Waals surface area contributed by atoms with E-state index in [1.165, 1.54) is 0 Å². The maximum atomic E-state index is 9.97. The van der Waals surface area contributed by atoms with Crippen molar-refractivity contribution in [2.24, 2.45) is 0 Å². The van der Waals surface area contributed by atoms with Crippen LogP contribution in [-0.2, 0) is 0 Å². The van der Waals surface area contributed by atoms with Gasteiger partial charge in [-0.25, -0.2) is 0 Å². The van der Waals surface area contributed by atoms with Gasteiger partial charge in [0.05, 0.1) is 0 Å². The second-order valence-electron chi connectivity index (χ2n) is 4.21. The third-order valence-electron chi connectivity index (χ3n) is 2.87. The SMILES string of the molecule is Cc1ccc(O)c(-c2cccc3nn(N)nc23)c1. The van der Waals surface area contributed by atoms with E-state index >= 15 is 0 Å². The summed E-state index contributed by atoms with van der Waals surface area (Å²) in [7, 11) is 0. The molecule has 0 amide bonds. The zero-order chi connectivity index (χ0) is 12.7. The maximum absolute atomic E-state index is 9.97. The lowest BCUT2D eigenvalue weighted by Gasteiger charge is -2.06. The van der Waals surface area contributed by atoms with E-state index in [0.717, 1.165) is 21.6 Å². The molecule has 0 bridgehead atoms. The Hall–Kier alpha value is -2.56. The Morgan fingerprint density at radius 1 is 1.11 bits per heavy atom. The van der Waals surface area contributed by atoms with Gasteiger partial charge in [-0.2, -0.15) is 0 Å². The molecule has 3 rings (SSSR count). The molecule has 0 fully saturated rings. The van der Waals surface area contributed by atoms with E-state index in [0.29, 0.717) is 11.0 Å². The molecule has 3 N–H and O–H groups in total.